The Bertz CT molecular complexity index is 487. The molecule has 1 saturated heterocycles. The van der Waals surface area contributed by atoms with Crippen molar-refractivity contribution in [2.75, 3.05) is 27.2 Å². The number of nitrogens with zero attached hydrogens (tertiary/aromatic N) is 3. The Labute approximate surface area is 129 Å². The van der Waals surface area contributed by atoms with Gasteiger partial charge in [-0.1, -0.05) is 29.3 Å². The van der Waals surface area contributed by atoms with E-state index in [-0.39, 0.29) is 6.23 Å². The summed E-state index contributed by atoms with van der Waals surface area (Å²) in [5.74, 6) is 0.619. The molecule has 1 aromatic carbocycles. The van der Waals surface area contributed by atoms with Crippen molar-refractivity contribution in [1.82, 2.24) is 15.3 Å². The van der Waals surface area contributed by atoms with Gasteiger partial charge in [-0.05, 0) is 33.2 Å². The van der Waals surface area contributed by atoms with Crippen molar-refractivity contribution in [2.45, 2.75) is 13.2 Å². The zero-order chi connectivity index (χ0) is 14.7. The summed E-state index contributed by atoms with van der Waals surface area (Å²) in [4.78, 5) is 12.3. The molecule has 1 unspecified atom stereocenters. The Morgan fingerprint density at radius 1 is 1.35 bits per heavy atom. The van der Waals surface area contributed by atoms with Gasteiger partial charge in [0, 0.05) is 6.54 Å². The number of guanidine groups is 1. The van der Waals surface area contributed by atoms with Crippen LogP contribution in [0.2, 0.25) is 10.0 Å². The van der Waals surface area contributed by atoms with Gasteiger partial charge in [-0.2, -0.15) is 0 Å². The zero-order valence-electron chi connectivity index (χ0n) is 11.7. The Hall–Kier alpha value is -1.01. The third-order valence-corrected chi connectivity index (χ3v) is 3.61. The van der Waals surface area contributed by atoms with Crippen LogP contribution >= 0.6 is 23.2 Å². The Morgan fingerprint density at radius 3 is 2.60 bits per heavy atom. The lowest BCUT2D eigenvalue weighted by Gasteiger charge is -2.26. The van der Waals surface area contributed by atoms with E-state index in [1.807, 2.05) is 25.9 Å². The van der Waals surface area contributed by atoms with Crippen molar-refractivity contribution in [3.8, 4) is 0 Å². The lowest BCUT2D eigenvalue weighted by molar-refractivity contribution is -0.176. The average molecular weight is 317 g/mol. The van der Waals surface area contributed by atoms with Gasteiger partial charge in [0.2, 0.25) is 5.96 Å². The van der Waals surface area contributed by atoms with Gasteiger partial charge in [0.15, 0.2) is 0 Å². The van der Waals surface area contributed by atoms with E-state index in [0.717, 1.165) is 13.1 Å². The molecule has 2 rings (SSSR count). The van der Waals surface area contributed by atoms with Crippen LogP contribution < -0.4 is 5.32 Å². The molecule has 0 bridgehead atoms. The molecule has 1 heterocycles. The van der Waals surface area contributed by atoms with Gasteiger partial charge in [-0.15, -0.1) is 0 Å². The van der Waals surface area contributed by atoms with Crippen LogP contribution in [0.3, 0.4) is 0 Å². The molecule has 1 aliphatic heterocycles. The van der Waals surface area contributed by atoms with E-state index in [1.165, 1.54) is 0 Å². The van der Waals surface area contributed by atoms with Crippen LogP contribution in [0.15, 0.2) is 23.2 Å². The Kier molecular flexibility index (Phi) is 5.10. The summed E-state index contributed by atoms with van der Waals surface area (Å²) in [5, 5.41) is 5.92. The first kappa shape index (κ1) is 15.4. The third-order valence-electron chi connectivity index (χ3n) is 3.00. The standard InChI is InChI=1S/C13H18Cl2N4O/c1-9(18(2)3)20-19-8-7-16-13(19)17-12-10(14)5-4-6-11(12)15/h4-6,9H,7-8H2,1-3H3,(H,16,17). The fourth-order valence-electron chi connectivity index (χ4n) is 1.64. The summed E-state index contributed by atoms with van der Waals surface area (Å²) in [7, 11) is 3.91. The van der Waals surface area contributed by atoms with Gasteiger partial charge < -0.3 is 5.32 Å². The first-order valence-electron chi connectivity index (χ1n) is 6.36. The molecule has 1 aliphatic rings. The molecule has 0 aliphatic carbocycles. The van der Waals surface area contributed by atoms with E-state index in [4.69, 9.17) is 28.0 Å². The minimum Gasteiger partial charge on any atom is -0.352 e. The van der Waals surface area contributed by atoms with Gasteiger partial charge in [0.1, 0.15) is 11.9 Å². The number of hydrogen-bond acceptors (Lipinski definition) is 3. The molecular formula is C13H18Cl2N4O. The van der Waals surface area contributed by atoms with Crippen molar-refractivity contribution >= 4 is 34.8 Å². The number of nitrogens with one attached hydrogen (secondary N) is 1. The predicted octanol–water partition coefficient (Wildman–Crippen LogP) is 2.73. The maximum absolute atomic E-state index is 6.12. The van der Waals surface area contributed by atoms with Crippen LogP contribution in [0.25, 0.3) is 0 Å². The van der Waals surface area contributed by atoms with Crippen LogP contribution in [-0.4, -0.2) is 49.3 Å². The number of aliphatic imine (C=N–C) groups is 1. The molecule has 1 aromatic rings. The molecule has 0 spiro atoms. The first-order chi connectivity index (χ1) is 9.49. The van der Waals surface area contributed by atoms with Gasteiger partial charge in [0.25, 0.3) is 0 Å². The highest BCUT2D eigenvalue weighted by atomic mass is 35.5. The number of benzene rings is 1. The highest BCUT2D eigenvalue weighted by molar-refractivity contribution is 6.38. The summed E-state index contributed by atoms with van der Waals surface area (Å²) in [6, 6.07) is 5.31. The SMILES string of the molecule is CC(ON1CCNC1=Nc1c(Cl)cccc1Cl)N(C)C. The number of rotatable bonds is 4. The maximum Gasteiger partial charge on any atom is 0.223 e. The summed E-state index contributed by atoms with van der Waals surface area (Å²) in [6.45, 7) is 3.46. The molecule has 0 saturated carbocycles. The van der Waals surface area contributed by atoms with Crippen LogP contribution in [0, 0.1) is 0 Å². The monoisotopic (exact) mass is 316 g/mol. The minimum absolute atomic E-state index is 0.0539. The second-order valence-corrected chi connectivity index (χ2v) is 5.52. The van der Waals surface area contributed by atoms with Gasteiger partial charge >= 0.3 is 0 Å². The van der Waals surface area contributed by atoms with Gasteiger partial charge in [0.05, 0.1) is 16.6 Å². The fraction of sp³-hybridized carbons (Fsp3) is 0.462. The van der Waals surface area contributed by atoms with Crippen molar-refractivity contribution in [3.05, 3.63) is 28.2 Å². The Morgan fingerprint density at radius 2 is 2.00 bits per heavy atom. The third kappa shape index (κ3) is 3.55. The molecule has 0 radical (unpaired) electrons. The molecule has 5 nitrogen and oxygen atoms in total. The highest BCUT2D eigenvalue weighted by Crippen LogP contribution is 2.33. The summed E-state index contributed by atoms with van der Waals surface area (Å²) in [6.07, 6.45) is -0.0539. The van der Waals surface area contributed by atoms with E-state index in [9.17, 15) is 0 Å². The lowest BCUT2D eigenvalue weighted by atomic mass is 10.3. The quantitative estimate of drug-likeness (QED) is 0.867. The number of halogens is 2. The zero-order valence-corrected chi connectivity index (χ0v) is 13.2. The van der Waals surface area contributed by atoms with Crippen molar-refractivity contribution in [2.24, 2.45) is 4.99 Å². The van der Waals surface area contributed by atoms with Crippen LogP contribution in [0.5, 0.6) is 0 Å². The van der Waals surface area contributed by atoms with E-state index in [2.05, 4.69) is 10.3 Å². The largest absolute Gasteiger partial charge is 0.352 e. The number of hydrogen-bond donors (Lipinski definition) is 1. The molecule has 1 N–H and O–H groups in total. The fourth-order valence-corrected chi connectivity index (χ4v) is 2.12. The molecule has 0 amide bonds. The number of hydroxylamine groups is 2. The van der Waals surface area contributed by atoms with Crippen molar-refractivity contribution in [3.63, 3.8) is 0 Å². The van der Waals surface area contributed by atoms with Crippen LogP contribution in [0.4, 0.5) is 5.69 Å². The summed E-state index contributed by atoms with van der Waals surface area (Å²) in [5.41, 5.74) is 0.548. The molecule has 0 aromatic heterocycles. The van der Waals surface area contributed by atoms with Crippen LogP contribution in [0.1, 0.15) is 6.92 Å². The number of para-hydroxylation sites is 1. The topological polar surface area (TPSA) is 40.1 Å². The van der Waals surface area contributed by atoms with Crippen molar-refractivity contribution in [1.29, 1.82) is 0 Å². The predicted molar refractivity (Wildman–Crippen MR) is 82.5 cm³/mol. The molecule has 1 fully saturated rings. The second kappa shape index (κ2) is 6.63. The minimum atomic E-state index is -0.0539. The van der Waals surface area contributed by atoms with Gasteiger partial charge in [-0.3, -0.25) is 9.74 Å². The Balaban J connectivity index is 2.20. The van der Waals surface area contributed by atoms with E-state index in [1.54, 1.807) is 23.3 Å². The molecule has 1 atom stereocenters. The molecule has 110 valence electrons. The normalized spacial score (nSPS) is 18.7. The summed E-state index contributed by atoms with van der Waals surface area (Å²) >= 11 is 12.2. The first-order valence-corrected chi connectivity index (χ1v) is 7.12. The molecular weight excluding hydrogens is 299 g/mol. The van der Waals surface area contributed by atoms with E-state index in [0.29, 0.717) is 21.7 Å². The molecule has 7 heteroatoms. The molecule has 20 heavy (non-hydrogen) atoms. The smallest absolute Gasteiger partial charge is 0.223 e. The van der Waals surface area contributed by atoms with Crippen LogP contribution in [-0.2, 0) is 4.84 Å². The maximum atomic E-state index is 6.12. The lowest BCUT2D eigenvalue weighted by Crippen LogP contribution is -2.38. The summed E-state index contributed by atoms with van der Waals surface area (Å²) < 4.78 is 0. The van der Waals surface area contributed by atoms with Crippen molar-refractivity contribution < 1.29 is 4.84 Å². The van der Waals surface area contributed by atoms with E-state index >= 15 is 0 Å². The van der Waals surface area contributed by atoms with E-state index < -0.39 is 0 Å². The van der Waals surface area contributed by atoms with Gasteiger partial charge in [-0.25, -0.2) is 10.1 Å². The average Bonchev–Trinajstić information content (AvgIpc) is 2.81. The second-order valence-electron chi connectivity index (χ2n) is 4.70. The highest BCUT2D eigenvalue weighted by Gasteiger charge is 2.22.